The van der Waals surface area contributed by atoms with Gasteiger partial charge in [0.25, 0.3) is 5.91 Å². The molecule has 1 aromatic rings. The van der Waals surface area contributed by atoms with Crippen molar-refractivity contribution in [3.63, 3.8) is 0 Å². The number of carbonyl (C=O) groups is 2. The fraction of sp³-hybridized carbons (Fsp3) is 0.647. The minimum Gasteiger partial charge on any atom is -0.472 e. The molecular formula is C17H26N2O5. The average molecular weight is 338 g/mol. The number of furan rings is 1. The maximum Gasteiger partial charge on any atom is 0.257 e. The van der Waals surface area contributed by atoms with E-state index in [9.17, 15) is 9.59 Å². The lowest BCUT2D eigenvalue weighted by Crippen LogP contribution is -2.49. The molecule has 2 rings (SSSR count). The van der Waals surface area contributed by atoms with Gasteiger partial charge in [-0.25, -0.2) is 0 Å². The topological polar surface area (TPSA) is 72.2 Å². The molecule has 0 radical (unpaired) electrons. The SMILES string of the molecule is COCCN(CCC(=O)N1C[C@@H](C)O[C@@H](C)C1)C(=O)c1ccoc1. The average Bonchev–Trinajstić information content (AvgIpc) is 3.07. The highest BCUT2D eigenvalue weighted by Gasteiger charge is 2.26. The molecule has 2 atom stereocenters. The Kier molecular flexibility index (Phi) is 6.81. The predicted molar refractivity (Wildman–Crippen MR) is 87.7 cm³/mol. The molecular weight excluding hydrogens is 312 g/mol. The molecule has 134 valence electrons. The van der Waals surface area contributed by atoms with Crippen LogP contribution >= 0.6 is 0 Å². The Bertz CT molecular complexity index is 521. The third-order valence-electron chi connectivity index (χ3n) is 3.99. The van der Waals surface area contributed by atoms with Gasteiger partial charge in [0, 0.05) is 39.7 Å². The van der Waals surface area contributed by atoms with Crippen molar-refractivity contribution in [1.29, 1.82) is 0 Å². The molecule has 7 nitrogen and oxygen atoms in total. The van der Waals surface area contributed by atoms with E-state index in [0.717, 1.165) is 0 Å². The minimum absolute atomic E-state index is 0.0369. The normalized spacial score (nSPS) is 20.9. The third kappa shape index (κ3) is 5.07. The summed E-state index contributed by atoms with van der Waals surface area (Å²) in [5.74, 6) is -0.114. The van der Waals surface area contributed by atoms with Crippen LogP contribution in [0.15, 0.2) is 23.0 Å². The molecule has 1 aliphatic rings. The van der Waals surface area contributed by atoms with Gasteiger partial charge in [0.2, 0.25) is 5.91 Å². The van der Waals surface area contributed by atoms with Gasteiger partial charge in [0.1, 0.15) is 6.26 Å². The highest BCUT2D eigenvalue weighted by atomic mass is 16.5. The second kappa shape index (κ2) is 8.84. The van der Waals surface area contributed by atoms with Crippen molar-refractivity contribution >= 4 is 11.8 Å². The summed E-state index contributed by atoms with van der Waals surface area (Å²) < 4.78 is 15.7. The minimum atomic E-state index is -0.155. The molecule has 1 fully saturated rings. The smallest absolute Gasteiger partial charge is 0.257 e. The molecule has 0 aliphatic carbocycles. The number of methoxy groups -OCH3 is 1. The van der Waals surface area contributed by atoms with Crippen molar-refractivity contribution in [1.82, 2.24) is 9.80 Å². The fourth-order valence-corrected chi connectivity index (χ4v) is 2.86. The molecule has 2 amide bonds. The summed E-state index contributed by atoms with van der Waals surface area (Å²) in [6, 6.07) is 1.62. The van der Waals surface area contributed by atoms with Crippen molar-refractivity contribution in [3.05, 3.63) is 24.2 Å². The third-order valence-corrected chi connectivity index (χ3v) is 3.99. The summed E-state index contributed by atoms with van der Waals surface area (Å²) in [5, 5.41) is 0. The van der Waals surface area contributed by atoms with Crippen LogP contribution in [0.4, 0.5) is 0 Å². The van der Waals surface area contributed by atoms with E-state index >= 15 is 0 Å². The number of hydrogen-bond acceptors (Lipinski definition) is 5. The monoisotopic (exact) mass is 338 g/mol. The zero-order valence-electron chi connectivity index (χ0n) is 14.6. The zero-order chi connectivity index (χ0) is 17.5. The predicted octanol–water partition coefficient (Wildman–Crippen LogP) is 1.39. The van der Waals surface area contributed by atoms with Crippen LogP contribution in [0.1, 0.15) is 30.6 Å². The molecule has 24 heavy (non-hydrogen) atoms. The molecule has 0 aromatic carbocycles. The molecule has 1 aromatic heterocycles. The Balaban J connectivity index is 1.91. The van der Waals surface area contributed by atoms with E-state index < -0.39 is 0 Å². The molecule has 7 heteroatoms. The van der Waals surface area contributed by atoms with Gasteiger partial charge in [-0.1, -0.05) is 0 Å². The molecule has 0 saturated carbocycles. The summed E-state index contributed by atoms with van der Waals surface area (Å²) >= 11 is 0. The first kappa shape index (κ1) is 18.5. The summed E-state index contributed by atoms with van der Waals surface area (Å²) in [4.78, 5) is 28.4. The number of morpholine rings is 1. The zero-order valence-corrected chi connectivity index (χ0v) is 14.6. The number of carbonyl (C=O) groups excluding carboxylic acids is 2. The van der Waals surface area contributed by atoms with Crippen molar-refractivity contribution in [3.8, 4) is 0 Å². The second-order valence-corrected chi connectivity index (χ2v) is 6.10. The van der Waals surface area contributed by atoms with E-state index in [-0.39, 0.29) is 30.4 Å². The summed E-state index contributed by atoms with van der Waals surface area (Å²) in [5.41, 5.74) is 0.479. The van der Waals surface area contributed by atoms with Crippen LogP contribution in [-0.2, 0) is 14.3 Å². The van der Waals surface area contributed by atoms with Crippen LogP contribution in [0.2, 0.25) is 0 Å². The van der Waals surface area contributed by atoms with Gasteiger partial charge < -0.3 is 23.7 Å². The number of nitrogens with zero attached hydrogens (tertiary/aromatic N) is 2. The fourth-order valence-electron chi connectivity index (χ4n) is 2.86. The van der Waals surface area contributed by atoms with E-state index in [1.807, 2.05) is 18.7 Å². The van der Waals surface area contributed by atoms with E-state index in [1.165, 1.54) is 12.5 Å². The molecule has 0 unspecified atom stereocenters. The van der Waals surface area contributed by atoms with Gasteiger partial charge in [0.05, 0.1) is 30.6 Å². The second-order valence-electron chi connectivity index (χ2n) is 6.10. The van der Waals surface area contributed by atoms with E-state index in [4.69, 9.17) is 13.9 Å². The molecule has 0 bridgehead atoms. The maximum absolute atomic E-state index is 12.5. The summed E-state index contributed by atoms with van der Waals surface area (Å²) in [6.45, 7) is 6.32. The Labute approximate surface area is 142 Å². The Hall–Kier alpha value is -1.86. The van der Waals surface area contributed by atoms with Crippen LogP contribution in [0.3, 0.4) is 0 Å². The molecule has 1 aliphatic heterocycles. The summed E-state index contributed by atoms with van der Waals surface area (Å²) in [6.07, 6.45) is 3.23. The lowest BCUT2D eigenvalue weighted by Gasteiger charge is -2.35. The van der Waals surface area contributed by atoms with Crippen LogP contribution in [0.25, 0.3) is 0 Å². The van der Waals surface area contributed by atoms with Crippen LogP contribution < -0.4 is 0 Å². The van der Waals surface area contributed by atoms with Gasteiger partial charge in [-0.15, -0.1) is 0 Å². The maximum atomic E-state index is 12.5. The van der Waals surface area contributed by atoms with Gasteiger partial charge >= 0.3 is 0 Å². The lowest BCUT2D eigenvalue weighted by atomic mass is 10.2. The Morgan fingerprint density at radius 1 is 1.29 bits per heavy atom. The number of amides is 2. The summed E-state index contributed by atoms with van der Waals surface area (Å²) in [7, 11) is 1.59. The number of rotatable bonds is 7. The van der Waals surface area contributed by atoms with Gasteiger partial charge in [-0.05, 0) is 19.9 Å². The van der Waals surface area contributed by atoms with Crippen LogP contribution in [0, 0.1) is 0 Å². The van der Waals surface area contributed by atoms with E-state index in [2.05, 4.69) is 0 Å². The van der Waals surface area contributed by atoms with Crippen molar-refractivity contribution < 1.29 is 23.5 Å². The Morgan fingerprint density at radius 2 is 2.00 bits per heavy atom. The highest BCUT2D eigenvalue weighted by molar-refractivity contribution is 5.94. The van der Waals surface area contributed by atoms with Crippen molar-refractivity contribution in [2.45, 2.75) is 32.5 Å². The van der Waals surface area contributed by atoms with Gasteiger partial charge in [-0.2, -0.15) is 0 Å². The number of hydrogen-bond donors (Lipinski definition) is 0. The van der Waals surface area contributed by atoms with Crippen LogP contribution in [0.5, 0.6) is 0 Å². The first-order valence-corrected chi connectivity index (χ1v) is 8.25. The molecule has 0 spiro atoms. The quantitative estimate of drug-likeness (QED) is 0.751. The first-order valence-electron chi connectivity index (χ1n) is 8.25. The Morgan fingerprint density at radius 3 is 2.58 bits per heavy atom. The standard InChI is InChI=1S/C17H26N2O5/c1-13-10-19(11-14(2)24-13)16(20)4-6-18(7-9-22-3)17(21)15-5-8-23-12-15/h5,8,12-14H,4,6-7,9-11H2,1-3H3/t13-,14+. The van der Waals surface area contributed by atoms with E-state index in [0.29, 0.717) is 38.3 Å². The molecule has 0 N–H and O–H groups in total. The molecule has 1 saturated heterocycles. The first-order chi connectivity index (χ1) is 11.5. The van der Waals surface area contributed by atoms with Crippen molar-refractivity contribution in [2.75, 3.05) is 39.9 Å². The molecule has 2 heterocycles. The van der Waals surface area contributed by atoms with Gasteiger partial charge in [0.15, 0.2) is 0 Å². The lowest BCUT2D eigenvalue weighted by molar-refractivity contribution is -0.143. The van der Waals surface area contributed by atoms with Crippen LogP contribution in [-0.4, -0.2) is 73.7 Å². The van der Waals surface area contributed by atoms with E-state index in [1.54, 1.807) is 18.1 Å². The van der Waals surface area contributed by atoms with Gasteiger partial charge in [-0.3, -0.25) is 9.59 Å². The largest absolute Gasteiger partial charge is 0.472 e. The highest BCUT2D eigenvalue weighted by Crippen LogP contribution is 2.13. The number of ether oxygens (including phenoxy) is 2. The van der Waals surface area contributed by atoms with Crippen molar-refractivity contribution in [2.24, 2.45) is 0 Å².